The third-order valence-corrected chi connectivity index (χ3v) is 3.44. The molecule has 0 aliphatic carbocycles. The van der Waals surface area contributed by atoms with E-state index in [0.717, 1.165) is 12.1 Å². The van der Waals surface area contributed by atoms with Gasteiger partial charge in [-0.15, -0.1) is 0 Å². The fraction of sp³-hybridized carbons (Fsp3) is 0.357. The van der Waals surface area contributed by atoms with Gasteiger partial charge < -0.3 is 15.3 Å². The predicted octanol–water partition coefficient (Wildman–Crippen LogP) is 1.33. The van der Waals surface area contributed by atoms with Crippen LogP contribution in [-0.4, -0.2) is 40.9 Å². The van der Waals surface area contributed by atoms with Gasteiger partial charge >= 0.3 is 5.97 Å². The molecule has 0 saturated carbocycles. The lowest BCUT2D eigenvalue weighted by Crippen LogP contribution is -2.28. The third kappa shape index (κ3) is 3.18. The molecule has 1 fully saturated rings. The van der Waals surface area contributed by atoms with Crippen molar-refractivity contribution in [1.29, 1.82) is 0 Å². The van der Waals surface area contributed by atoms with Crippen molar-refractivity contribution in [2.24, 2.45) is 5.92 Å². The summed E-state index contributed by atoms with van der Waals surface area (Å²) in [6, 6.07) is 3.11. The summed E-state index contributed by atoms with van der Waals surface area (Å²) in [5, 5.41) is 11.5. The van der Waals surface area contributed by atoms with Crippen molar-refractivity contribution in [2.45, 2.75) is 13.3 Å². The summed E-state index contributed by atoms with van der Waals surface area (Å²) in [5.74, 6) is -3.09. The maximum atomic E-state index is 13.1. The molecule has 1 heterocycles. The standard InChI is InChI=1S/C14H15FN2O4/c1-2-17-7-8(5-12(17)18)13(19)16-11-4-3-9(15)6-10(11)14(20)21/h3-4,6,8H,2,5,7H2,1H3,(H,16,19)(H,20,21). The molecule has 0 aromatic heterocycles. The van der Waals surface area contributed by atoms with Gasteiger partial charge in [0.1, 0.15) is 5.82 Å². The van der Waals surface area contributed by atoms with E-state index in [0.29, 0.717) is 13.1 Å². The van der Waals surface area contributed by atoms with Crippen LogP contribution in [0.1, 0.15) is 23.7 Å². The van der Waals surface area contributed by atoms with Gasteiger partial charge in [0, 0.05) is 19.5 Å². The number of carbonyl (C=O) groups excluding carboxylic acids is 2. The Bertz CT molecular complexity index is 603. The monoisotopic (exact) mass is 294 g/mol. The van der Waals surface area contributed by atoms with Crippen LogP contribution in [-0.2, 0) is 9.59 Å². The van der Waals surface area contributed by atoms with E-state index in [4.69, 9.17) is 5.11 Å². The number of likely N-dealkylation sites (tertiary alicyclic amines) is 1. The van der Waals surface area contributed by atoms with Crippen molar-refractivity contribution >= 4 is 23.5 Å². The molecular formula is C14H15FN2O4. The van der Waals surface area contributed by atoms with Gasteiger partial charge in [0.15, 0.2) is 0 Å². The number of hydrogen-bond donors (Lipinski definition) is 2. The number of anilines is 1. The van der Waals surface area contributed by atoms with Crippen molar-refractivity contribution < 1.29 is 23.9 Å². The Morgan fingerprint density at radius 3 is 2.76 bits per heavy atom. The van der Waals surface area contributed by atoms with E-state index in [2.05, 4.69) is 5.32 Å². The number of rotatable bonds is 4. The van der Waals surface area contributed by atoms with Gasteiger partial charge in [0.25, 0.3) is 0 Å². The Morgan fingerprint density at radius 2 is 2.19 bits per heavy atom. The summed E-state index contributed by atoms with van der Waals surface area (Å²) in [4.78, 5) is 36.3. The first-order valence-corrected chi connectivity index (χ1v) is 6.53. The fourth-order valence-electron chi connectivity index (χ4n) is 2.29. The summed E-state index contributed by atoms with van der Waals surface area (Å²) >= 11 is 0. The van der Waals surface area contributed by atoms with Crippen molar-refractivity contribution in [3.05, 3.63) is 29.6 Å². The highest BCUT2D eigenvalue weighted by atomic mass is 19.1. The van der Waals surface area contributed by atoms with E-state index in [1.807, 2.05) is 6.92 Å². The number of amides is 2. The van der Waals surface area contributed by atoms with E-state index < -0.39 is 23.6 Å². The molecule has 1 saturated heterocycles. The highest BCUT2D eigenvalue weighted by Crippen LogP contribution is 2.22. The van der Waals surface area contributed by atoms with Crippen LogP contribution in [0.5, 0.6) is 0 Å². The first kappa shape index (κ1) is 15.0. The first-order chi connectivity index (χ1) is 9.92. The molecule has 0 spiro atoms. The van der Waals surface area contributed by atoms with E-state index in [-0.39, 0.29) is 23.6 Å². The van der Waals surface area contributed by atoms with Crippen LogP contribution < -0.4 is 5.32 Å². The summed E-state index contributed by atoms with van der Waals surface area (Å²) < 4.78 is 13.1. The van der Waals surface area contributed by atoms with Crippen LogP contribution in [0.15, 0.2) is 18.2 Å². The molecule has 7 heteroatoms. The van der Waals surface area contributed by atoms with Crippen LogP contribution in [0.25, 0.3) is 0 Å². The Hall–Kier alpha value is -2.44. The molecule has 21 heavy (non-hydrogen) atoms. The van der Waals surface area contributed by atoms with Gasteiger partial charge in [0.05, 0.1) is 17.2 Å². The second kappa shape index (κ2) is 5.90. The number of carboxylic acids is 1. The third-order valence-electron chi connectivity index (χ3n) is 3.44. The number of carbonyl (C=O) groups is 3. The maximum absolute atomic E-state index is 13.1. The van der Waals surface area contributed by atoms with Crippen LogP contribution in [0.2, 0.25) is 0 Å². The molecule has 2 N–H and O–H groups in total. The van der Waals surface area contributed by atoms with Gasteiger partial charge in [-0.3, -0.25) is 9.59 Å². The van der Waals surface area contributed by atoms with E-state index >= 15 is 0 Å². The van der Waals surface area contributed by atoms with Gasteiger partial charge in [-0.25, -0.2) is 9.18 Å². The molecule has 1 aromatic rings. The number of carboxylic acid groups (broad SMARTS) is 1. The van der Waals surface area contributed by atoms with Gasteiger partial charge in [-0.2, -0.15) is 0 Å². The highest BCUT2D eigenvalue weighted by molar-refractivity contribution is 6.02. The van der Waals surface area contributed by atoms with Crippen molar-refractivity contribution in [1.82, 2.24) is 4.90 Å². The van der Waals surface area contributed by atoms with E-state index in [1.54, 1.807) is 4.90 Å². The zero-order valence-electron chi connectivity index (χ0n) is 11.4. The molecule has 1 aliphatic heterocycles. The predicted molar refractivity (Wildman–Crippen MR) is 72.4 cm³/mol. The average Bonchev–Trinajstić information content (AvgIpc) is 2.81. The highest BCUT2D eigenvalue weighted by Gasteiger charge is 2.33. The summed E-state index contributed by atoms with van der Waals surface area (Å²) in [7, 11) is 0. The molecule has 0 radical (unpaired) electrons. The lowest BCUT2D eigenvalue weighted by Gasteiger charge is -2.14. The van der Waals surface area contributed by atoms with Crippen LogP contribution in [0.3, 0.4) is 0 Å². The lowest BCUT2D eigenvalue weighted by molar-refractivity contribution is -0.128. The van der Waals surface area contributed by atoms with Crippen LogP contribution >= 0.6 is 0 Å². The Kier molecular flexibility index (Phi) is 4.21. The molecular weight excluding hydrogens is 279 g/mol. The first-order valence-electron chi connectivity index (χ1n) is 6.53. The van der Waals surface area contributed by atoms with Crippen LogP contribution in [0, 0.1) is 11.7 Å². The molecule has 6 nitrogen and oxygen atoms in total. The van der Waals surface area contributed by atoms with E-state index in [1.165, 1.54) is 6.07 Å². The number of nitrogens with one attached hydrogen (secondary N) is 1. The SMILES string of the molecule is CCN1CC(C(=O)Nc2ccc(F)cc2C(=O)O)CC1=O. The quantitative estimate of drug-likeness (QED) is 0.877. The van der Waals surface area contributed by atoms with E-state index in [9.17, 15) is 18.8 Å². The number of aromatic carboxylic acids is 1. The molecule has 112 valence electrons. The number of halogens is 1. The van der Waals surface area contributed by atoms with Gasteiger partial charge in [-0.1, -0.05) is 0 Å². The molecule has 1 atom stereocenters. The largest absolute Gasteiger partial charge is 0.478 e. The van der Waals surface area contributed by atoms with Gasteiger partial charge in [0.2, 0.25) is 11.8 Å². The molecule has 1 unspecified atom stereocenters. The minimum atomic E-state index is -1.33. The Balaban J connectivity index is 2.14. The second-order valence-corrected chi connectivity index (χ2v) is 4.82. The number of hydrogen-bond acceptors (Lipinski definition) is 3. The molecule has 1 aromatic carbocycles. The molecule has 2 rings (SSSR count). The molecule has 0 bridgehead atoms. The Morgan fingerprint density at radius 1 is 1.48 bits per heavy atom. The number of nitrogens with zero attached hydrogens (tertiary/aromatic N) is 1. The smallest absolute Gasteiger partial charge is 0.337 e. The maximum Gasteiger partial charge on any atom is 0.337 e. The summed E-state index contributed by atoms with van der Waals surface area (Å²) in [5.41, 5.74) is -0.295. The van der Waals surface area contributed by atoms with Crippen molar-refractivity contribution in [3.8, 4) is 0 Å². The molecule has 1 aliphatic rings. The normalized spacial score (nSPS) is 17.9. The average molecular weight is 294 g/mol. The van der Waals surface area contributed by atoms with Crippen molar-refractivity contribution in [3.63, 3.8) is 0 Å². The van der Waals surface area contributed by atoms with Crippen LogP contribution in [0.4, 0.5) is 10.1 Å². The number of benzene rings is 1. The summed E-state index contributed by atoms with van der Waals surface area (Å²) in [6.07, 6.45) is 0.100. The zero-order valence-corrected chi connectivity index (χ0v) is 11.4. The lowest BCUT2D eigenvalue weighted by atomic mass is 10.1. The van der Waals surface area contributed by atoms with Crippen molar-refractivity contribution in [2.75, 3.05) is 18.4 Å². The zero-order chi connectivity index (χ0) is 15.6. The fourth-order valence-corrected chi connectivity index (χ4v) is 2.29. The minimum Gasteiger partial charge on any atom is -0.478 e. The second-order valence-electron chi connectivity index (χ2n) is 4.82. The Labute approximate surface area is 120 Å². The minimum absolute atomic E-state index is 0.0243. The summed E-state index contributed by atoms with van der Waals surface area (Å²) in [6.45, 7) is 2.66. The topological polar surface area (TPSA) is 86.7 Å². The van der Waals surface area contributed by atoms with Gasteiger partial charge in [-0.05, 0) is 25.1 Å². The molecule has 2 amide bonds.